The van der Waals surface area contributed by atoms with E-state index in [1.54, 1.807) is 0 Å². The second kappa shape index (κ2) is 8.33. The largest absolute Gasteiger partial charge is 0.492 e. The number of benzene rings is 1. The van der Waals surface area contributed by atoms with E-state index in [1.807, 2.05) is 38.1 Å². The lowest BCUT2D eigenvalue weighted by Gasteiger charge is -2.32. The smallest absolute Gasteiger partial charge is 0.312 e. The van der Waals surface area contributed by atoms with Crippen LogP contribution in [0.3, 0.4) is 0 Å². The first kappa shape index (κ1) is 17.8. The summed E-state index contributed by atoms with van der Waals surface area (Å²) in [6, 6.07) is 7.65. The van der Waals surface area contributed by atoms with E-state index in [1.165, 1.54) is 9.80 Å². The molecule has 1 heterocycles. The molecule has 0 aromatic heterocycles. The first-order chi connectivity index (χ1) is 11.5. The molecule has 0 atom stereocenters. The number of carbonyl (C=O) groups excluding carboxylic acids is 3. The Hall–Kier alpha value is -2.57. The quantitative estimate of drug-likeness (QED) is 0.570. The van der Waals surface area contributed by atoms with E-state index in [2.05, 4.69) is 5.32 Å². The van der Waals surface area contributed by atoms with Gasteiger partial charge in [0.05, 0.1) is 6.54 Å². The fourth-order valence-electron chi connectivity index (χ4n) is 2.46. The van der Waals surface area contributed by atoms with Crippen molar-refractivity contribution in [2.45, 2.75) is 13.8 Å². The summed E-state index contributed by atoms with van der Waals surface area (Å²) in [4.78, 5) is 38.3. The second-order valence-corrected chi connectivity index (χ2v) is 5.63. The van der Waals surface area contributed by atoms with Crippen molar-refractivity contribution in [3.05, 3.63) is 29.8 Å². The van der Waals surface area contributed by atoms with Gasteiger partial charge in [0.25, 0.3) is 0 Å². The van der Waals surface area contributed by atoms with Crippen LogP contribution in [0.2, 0.25) is 0 Å². The Bertz CT molecular complexity index is 618. The van der Waals surface area contributed by atoms with Crippen LogP contribution in [-0.4, -0.2) is 66.9 Å². The maximum Gasteiger partial charge on any atom is 0.312 e. The molecule has 1 fully saturated rings. The number of piperazine rings is 1. The Kier molecular flexibility index (Phi) is 6.17. The molecule has 0 unspecified atom stereocenters. The number of rotatable bonds is 7. The van der Waals surface area contributed by atoms with Gasteiger partial charge in [0, 0.05) is 19.6 Å². The fourth-order valence-corrected chi connectivity index (χ4v) is 2.46. The molecule has 0 bridgehead atoms. The molecule has 2 rings (SSSR count). The molecule has 0 radical (unpaired) electrons. The standard InChI is InChI=1S/C17H23N3O4/c1-3-19-8-9-20(17(23)16(19)22)12-15(21)18-7-10-24-14-6-4-5-13(2)11-14/h4-6,11H,3,7-10,12H2,1-2H3,(H,18,21). The molecule has 1 aromatic rings. The zero-order chi connectivity index (χ0) is 17.5. The number of hydrogen-bond donors (Lipinski definition) is 1. The highest BCUT2D eigenvalue weighted by atomic mass is 16.5. The number of aryl methyl sites for hydroxylation is 1. The van der Waals surface area contributed by atoms with Gasteiger partial charge >= 0.3 is 11.8 Å². The van der Waals surface area contributed by atoms with Crippen LogP contribution in [0.25, 0.3) is 0 Å². The summed E-state index contributed by atoms with van der Waals surface area (Å²) < 4.78 is 5.54. The Labute approximate surface area is 141 Å². The Morgan fingerprint density at radius 3 is 2.62 bits per heavy atom. The lowest BCUT2D eigenvalue weighted by Crippen LogP contribution is -2.56. The van der Waals surface area contributed by atoms with Crippen molar-refractivity contribution in [1.29, 1.82) is 0 Å². The van der Waals surface area contributed by atoms with Gasteiger partial charge in [-0.3, -0.25) is 14.4 Å². The lowest BCUT2D eigenvalue weighted by molar-refractivity contribution is -0.156. The summed E-state index contributed by atoms with van der Waals surface area (Å²) in [6.07, 6.45) is 0. The van der Waals surface area contributed by atoms with E-state index in [4.69, 9.17) is 4.74 Å². The lowest BCUT2D eigenvalue weighted by atomic mass is 10.2. The van der Waals surface area contributed by atoms with Crippen LogP contribution in [-0.2, 0) is 14.4 Å². The molecule has 1 aromatic carbocycles. The SMILES string of the molecule is CCN1CCN(CC(=O)NCCOc2cccc(C)c2)C(=O)C1=O. The van der Waals surface area contributed by atoms with Gasteiger partial charge in [-0.2, -0.15) is 0 Å². The molecule has 3 amide bonds. The molecule has 24 heavy (non-hydrogen) atoms. The molecule has 130 valence electrons. The molecular formula is C17H23N3O4. The van der Waals surface area contributed by atoms with E-state index in [-0.39, 0.29) is 12.5 Å². The summed E-state index contributed by atoms with van der Waals surface area (Å²) >= 11 is 0. The van der Waals surface area contributed by atoms with Gasteiger partial charge in [-0.15, -0.1) is 0 Å². The fraction of sp³-hybridized carbons (Fsp3) is 0.471. The third-order valence-electron chi connectivity index (χ3n) is 3.80. The van der Waals surface area contributed by atoms with Crippen molar-refractivity contribution >= 4 is 17.7 Å². The molecule has 0 aliphatic carbocycles. The highest BCUT2D eigenvalue weighted by Gasteiger charge is 2.32. The zero-order valence-electron chi connectivity index (χ0n) is 14.1. The van der Waals surface area contributed by atoms with Crippen molar-refractivity contribution in [2.75, 3.05) is 39.3 Å². The number of ether oxygens (including phenoxy) is 1. The molecular weight excluding hydrogens is 310 g/mol. The summed E-state index contributed by atoms with van der Waals surface area (Å²) in [7, 11) is 0. The molecule has 1 aliphatic rings. The van der Waals surface area contributed by atoms with Gasteiger partial charge < -0.3 is 19.9 Å². The number of hydrogen-bond acceptors (Lipinski definition) is 4. The van der Waals surface area contributed by atoms with Crippen LogP contribution >= 0.6 is 0 Å². The van der Waals surface area contributed by atoms with Gasteiger partial charge in [-0.05, 0) is 31.5 Å². The first-order valence-corrected chi connectivity index (χ1v) is 8.05. The summed E-state index contributed by atoms with van der Waals surface area (Å²) in [6.45, 7) is 5.71. The predicted octanol–water partition coefficient (Wildman–Crippen LogP) is 0.181. The van der Waals surface area contributed by atoms with Gasteiger partial charge in [0.15, 0.2) is 0 Å². The molecule has 0 saturated carbocycles. The molecule has 0 spiro atoms. The highest BCUT2D eigenvalue weighted by molar-refractivity contribution is 6.35. The van der Waals surface area contributed by atoms with Crippen LogP contribution in [0.1, 0.15) is 12.5 Å². The minimum atomic E-state index is -0.616. The average molecular weight is 333 g/mol. The van der Waals surface area contributed by atoms with Crippen molar-refractivity contribution in [2.24, 2.45) is 0 Å². The third-order valence-corrected chi connectivity index (χ3v) is 3.80. The summed E-state index contributed by atoms with van der Waals surface area (Å²) in [5.74, 6) is -0.705. The zero-order valence-corrected chi connectivity index (χ0v) is 14.1. The van der Waals surface area contributed by atoms with Crippen molar-refractivity contribution in [3.8, 4) is 5.75 Å². The van der Waals surface area contributed by atoms with Crippen LogP contribution in [0, 0.1) is 6.92 Å². The topological polar surface area (TPSA) is 79.0 Å². The molecule has 1 N–H and O–H groups in total. The number of likely N-dealkylation sites (N-methyl/N-ethyl adjacent to an activating group) is 1. The minimum Gasteiger partial charge on any atom is -0.492 e. The van der Waals surface area contributed by atoms with E-state index in [9.17, 15) is 14.4 Å². The van der Waals surface area contributed by atoms with Crippen LogP contribution < -0.4 is 10.1 Å². The highest BCUT2D eigenvalue weighted by Crippen LogP contribution is 2.11. The van der Waals surface area contributed by atoms with E-state index < -0.39 is 11.8 Å². The maximum atomic E-state index is 11.9. The monoisotopic (exact) mass is 333 g/mol. The van der Waals surface area contributed by atoms with Crippen LogP contribution in [0.15, 0.2) is 24.3 Å². The molecule has 7 nitrogen and oxygen atoms in total. The Morgan fingerprint density at radius 2 is 1.92 bits per heavy atom. The molecule has 1 aliphatic heterocycles. The van der Waals surface area contributed by atoms with Crippen molar-refractivity contribution < 1.29 is 19.1 Å². The van der Waals surface area contributed by atoms with Gasteiger partial charge in [-0.25, -0.2) is 0 Å². The van der Waals surface area contributed by atoms with Crippen LogP contribution in [0.5, 0.6) is 5.75 Å². The number of carbonyl (C=O) groups is 3. The van der Waals surface area contributed by atoms with E-state index in [0.717, 1.165) is 11.3 Å². The summed E-state index contributed by atoms with van der Waals surface area (Å²) in [5, 5.41) is 2.69. The Balaban J connectivity index is 1.70. The molecule has 7 heteroatoms. The molecule has 1 saturated heterocycles. The predicted molar refractivity (Wildman–Crippen MR) is 88.5 cm³/mol. The third kappa shape index (κ3) is 4.71. The number of nitrogens with zero attached hydrogens (tertiary/aromatic N) is 2. The maximum absolute atomic E-state index is 11.9. The summed E-state index contributed by atoms with van der Waals surface area (Å²) in [5.41, 5.74) is 1.10. The number of amides is 3. The second-order valence-electron chi connectivity index (χ2n) is 5.63. The van der Waals surface area contributed by atoms with E-state index >= 15 is 0 Å². The van der Waals surface area contributed by atoms with Crippen molar-refractivity contribution in [3.63, 3.8) is 0 Å². The first-order valence-electron chi connectivity index (χ1n) is 8.05. The van der Waals surface area contributed by atoms with E-state index in [0.29, 0.717) is 32.8 Å². The Morgan fingerprint density at radius 1 is 1.21 bits per heavy atom. The average Bonchev–Trinajstić information content (AvgIpc) is 2.56. The van der Waals surface area contributed by atoms with Crippen LogP contribution in [0.4, 0.5) is 0 Å². The van der Waals surface area contributed by atoms with Crippen molar-refractivity contribution in [1.82, 2.24) is 15.1 Å². The van der Waals surface area contributed by atoms with Gasteiger partial charge in [0.2, 0.25) is 5.91 Å². The normalized spacial score (nSPS) is 14.8. The minimum absolute atomic E-state index is 0.105. The number of nitrogens with one attached hydrogen (secondary N) is 1. The van der Waals surface area contributed by atoms with Gasteiger partial charge in [-0.1, -0.05) is 12.1 Å². The van der Waals surface area contributed by atoms with Gasteiger partial charge in [0.1, 0.15) is 18.9 Å².